The van der Waals surface area contributed by atoms with Crippen LogP contribution in [0.3, 0.4) is 0 Å². The number of carbonyl (C=O) groups excluding carboxylic acids is 1. The van der Waals surface area contributed by atoms with Gasteiger partial charge in [0.1, 0.15) is 0 Å². The summed E-state index contributed by atoms with van der Waals surface area (Å²) >= 11 is 0. The predicted octanol–water partition coefficient (Wildman–Crippen LogP) is 1.70. The minimum atomic E-state index is 0.275. The van der Waals surface area contributed by atoms with Gasteiger partial charge in [0, 0.05) is 31.9 Å². The maximum atomic E-state index is 11.8. The van der Waals surface area contributed by atoms with Crippen LogP contribution in [0.5, 0.6) is 0 Å². The van der Waals surface area contributed by atoms with Crippen molar-refractivity contribution >= 4 is 5.91 Å². The van der Waals surface area contributed by atoms with E-state index >= 15 is 0 Å². The van der Waals surface area contributed by atoms with Gasteiger partial charge >= 0.3 is 0 Å². The van der Waals surface area contributed by atoms with Crippen LogP contribution in [0.4, 0.5) is 0 Å². The van der Waals surface area contributed by atoms with Gasteiger partial charge in [-0.15, -0.1) is 0 Å². The SMILES string of the molecule is CC1CC1C(=O)N(C)Cc1ccncc1. The van der Waals surface area contributed by atoms with Gasteiger partial charge in [0.2, 0.25) is 5.91 Å². The topological polar surface area (TPSA) is 33.2 Å². The lowest BCUT2D eigenvalue weighted by molar-refractivity contribution is -0.132. The second-order valence-electron chi connectivity index (χ2n) is 4.37. The number of aromatic nitrogens is 1. The largest absolute Gasteiger partial charge is 0.341 e. The Morgan fingerprint density at radius 3 is 2.67 bits per heavy atom. The molecule has 80 valence electrons. The summed E-state index contributed by atoms with van der Waals surface area (Å²) in [6.07, 6.45) is 4.57. The molecular formula is C12H16N2O. The minimum Gasteiger partial charge on any atom is -0.341 e. The van der Waals surface area contributed by atoms with Crippen LogP contribution in [0.2, 0.25) is 0 Å². The second-order valence-corrected chi connectivity index (χ2v) is 4.37. The van der Waals surface area contributed by atoms with Crippen molar-refractivity contribution in [1.82, 2.24) is 9.88 Å². The lowest BCUT2D eigenvalue weighted by Gasteiger charge is -2.16. The first-order valence-corrected chi connectivity index (χ1v) is 5.32. The first kappa shape index (κ1) is 10.1. The van der Waals surface area contributed by atoms with Gasteiger partial charge in [-0.2, -0.15) is 0 Å². The Morgan fingerprint density at radius 1 is 1.53 bits per heavy atom. The summed E-state index contributed by atoms with van der Waals surface area (Å²) in [5, 5.41) is 0. The first-order valence-electron chi connectivity index (χ1n) is 5.32. The summed E-state index contributed by atoms with van der Waals surface area (Å²) in [5.74, 6) is 1.13. The van der Waals surface area contributed by atoms with Gasteiger partial charge in [0.25, 0.3) is 0 Å². The predicted molar refractivity (Wildman–Crippen MR) is 58.0 cm³/mol. The van der Waals surface area contributed by atoms with Gasteiger partial charge in [-0.05, 0) is 30.0 Å². The van der Waals surface area contributed by atoms with Crippen LogP contribution in [-0.2, 0) is 11.3 Å². The number of hydrogen-bond acceptors (Lipinski definition) is 2. The molecule has 0 radical (unpaired) electrons. The zero-order valence-electron chi connectivity index (χ0n) is 9.18. The third kappa shape index (κ3) is 2.35. The standard InChI is InChI=1S/C12H16N2O/c1-9-7-11(9)12(15)14(2)8-10-3-5-13-6-4-10/h3-6,9,11H,7-8H2,1-2H3. The fraction of sp³-hybridized carbons (Fsp3) is 0.500. The van der Waals surface area contributed by atoms with Gasteiger partial charge in [-0.3, -0.25) is 9.78 Å². The molecule has 2 rings (SSSR count). The zero-order chi connectivity index (χ0) is 10.8. The Kier molecular flexibility index (Phi) is 2.71. The molecule has 0 aromatic carbocycles. The van der Waals surface area contributed by atoms with Crippen molar-refractivity contribution in [2.75, 3.05) is 7.05 Å². The van der Waals surface area contributed by atoms with Crippen LogP contribution in [0.25, 0.3) is 0 Å². The smallest absolute Gasteiger partial charge is 0.226 e. The highest BCUT2D eigenvalue weighted by molar-refractivity contribution is 5.81. The summed E-state index contributed by atoms with van der Waals surface area (Å²) < 4.78 is 0. The van der Waals surface area contributed by atoms with E-state index in [0.29, 0.717) is 12.5 Å². The highest BCUT2D eigenvalue weighted by Crippen LogP contribution is 2.39. The fourth-order valence-electron chi connectivity index (χ4n) is 1.79. The normalized spacial score (nSPS) is 23.6. The van der Waals surface area contributed by atoms with Gasteiger partial charge in [0.05, 0.1) is 0 Å². The van der Waals surface area contributed by atoms with Gasteiger partial charge in [0.15, 0.2) is 0 Å². The van der Waals surface area contributed by atoms with E-state index in [-0.39, 0.29) is 11.8 Å². The van der Waals surface area contributed by atoms with Crippen molar-refractivity contribution in [3.8, 4) is 0 Å². The minimum absolute atomic E-state index is 0.275. The molecule has 1 aromatic heterocycles. The number of carbonyl (C=O) groups is 1. The molecule has 0 saturated heterocycles. The van der Waals surface area contributed by atoms with Crippen LogP contribution in [0.1, 0.15) is 18.9 Å². The Hall–Kier alpha value is -1.38. The van der Waals surface area contributed by atoms with Crippen LogP contribution in [0, 0.1) is 11.8 Å². The van der Waals surface area contributed by atoms with E-state index in [0.717, 1.165) is 12.0 Å². The Labute approximate surface area is 90.1 Å². The lowest BCUT2D eigenvalue weighted by Crippen LogP contribution is -2.28. The third-order valence-corrected chi connectivity index (χ3v) is 2.97. The molecule has 3 heteroatoms. The molecule has 2 atom stereocenters. The molecule has 0 N–H and O–H groups in total. The maximum absolute atomic E-state index is 11.8. The molecule has 1 saturated carbocycles. The number of rotatable bonds is 3. The van der Waals surface area contributed by atoms with E-state index < -0.39 is 0 Å². The van der Waals surface area contributed by atoms with Crippen LogP contribution >= 0.6 is 0 Å². The van der Waals surface area contributed by atoms with E-state index in [1.54, 1.807) is 12.4 Å². The fourth-order valence-corrected chi connectivity index (χ4v) is 1.79. The van der Waals surface area contributed by atoms with Crippen molar-refractivity contribution < 1.29 is 4.79 Å². The highest BCUT2D eigenvalue weighted by atomic mass is 16.2. The molecule has 3 nitrogen and oxygen atoms in total. The number of hydrogen-bond donors (Lipinski definition) is 0. The first-order chi connectivity index (χ1) is 7.18. The van der Waals surface area contributed by atoms with Gasteiger partial charge in [-0.25, -0.2) is 0 Å². The molecule has 1 fully saturated rings. The van der Waals surface area contributed by atoms with Gasteiger partial charge in [-0.1, -0.05) is 6.92 Å². The molecule has 1 aromatic rings. The highest BCUT2D eigenvalue weighted by Gasteiger charge is 2.40. The Morgan fingerprint density at radius 2 is 2.13 bits per heavy atom. The van der Waals surface area contributed by atoms with E-state index in [1.165, 1.54) is 0 Å². The summed E-state index contributed by atoms with van der Waals surface area (Å²) in [7, 11) is 1.87. The van der Waals surface area contributed by atoms with E-state index in [2.05, 4.69) is 11.9 Å². The quantitative estimate of drug-likeness (QED) is 0.750. The summed E-state index contributed by atoms with van der Waals surface area (Å²) in [6.45, 7) is 2.81. The second kappa shape index (κ2) is 4.01. The Balaban J connectivity index is 1.92. The zero-order valence-corrected chi connectivity index (χ0v) is 9.18. The summed E-state index contributed by atoms with van der Waals surface area (Å²) in [4.78, 5) is 17.6. The number of pyridine rings is 1. The summed E-state index contributed by atoms with van der Waals surface area (Å²) in [6, 6.07) is 3.89. The monoisotopic (exact) mass is 204 g/mol. The van der Waals surface area contributed by atoms with Crippen molar-refractivity contribution in [3.05, 3.63) is 30.1 Å². The van der Waals surface area contributed by atoms with Crippen molar-refractivity contribution in [1.29, 1.82) is 0 Å². The van der Waals surface area contributed by atoms with Gasteiger partial charge < -0.3 is 4.90 Å². The van der Waals surface area contributed by atoms with E-state index in [9.17, 15) is 4.79 Å². The molecule has 2 unspecified atom stereocenters. The maximum Gasteiger partial charge on any atom is 0.226 e. The van der Waals surface area contributed by atoms with Crippen molar-refractivity contribution in [3.63, 3.8) is 0 Å². The van der Waals surface area contributed by atoms with Crippen molar-refractivity contribution in [2.45, 2.75) is 19.9 Å². The lowest BCUT2D eigenvalue weighted by atomic mass is 10.2. The molecule has 0 bridgehead atoms. The van der Waals surface area contributed by atoms with Crippen LogP contribution in [0.15, 0.2) is 24.5 Å². The Bertz CT molecular complexity index is 350. The van der Waals surface area contributed by atoms with E-state index in [4.69, 9.17) is 0 Å². The number of amides is 1. The number of nitrogens with zero attached hydrogens (tertiary/aromatic N) is 2. The van der Waals surface area contributed by atoms with E-state index in [1.807, 2.05) is 24.1 Å². The van der Waals surface area contributed by atoms with Crippen LogP contribution < -0.4 is 0 Å². The average Bonchev–Trinajstić information content (AvgIpc) is 2.96. The molecule has 1 aliphatic rings. The molecule has 0 spiro atoms. The molecule has 1 aliphatic carbocycles. The molecular weight excluding hydrogens is 188 g/mol. The van der Waals surface area contributed by atoms with Crippen LogP contribution in [-0.4, -0.2) is 22.8 Å². The molecule has 1 amide bonds. The molecule has 0 aliphatic heterocycles. The molecule has 1 heterocycles. The summed E-state index contributed by atoms with van der Waals surface area (Å²) in [5.41, 5.74) is 1.13. The van der Waals surface area contributed by atoms with Crippen molar-refractivity contribution in [2.24, 2.45) is 11.8 Å². The molecule has 15 heavy (non-hydrogen) atoms. The average molecular weight is 204 g/mol. The third-order valence-electron chi connectivity index (χ3n) is 2.97.